The van der Waals surface area contributed by atoms with Crippen LogP contribution in [0.1, 0.15) is 12.5 Å². The first-order chi connectivity index (χ1) is 8.22. The lowest BCUT2D eigenvalue weighted by molar-refractivity contribution is 0.715. The van der Waals surface area contributed by atoms with Crippen LogP contribution in [0, 0.1) is 9.77 Å². The van der Waals surface area contributed by atoms with Crippen LogP contribution in [0.4, 0.5) is 0 Å². The maximum atomic E-state index is 5.24. The van der Waals surface area contributed by atoms with Gasteiger partial charge in [-0.1, -0.05) is 4.85 Å². The zero-order valence-electron chi connectivity index (χ0n) is 9.50. The Morgan fingerprint density at radius 1 is 1.47 bits per heavy atom. The maximum absolute atomic E-state index is 5.24. The van der Waals surface area contributed by atoms with Crippen LogP contribution >= 0.6 is 45.6 Å². The first-order valence-electron chi connectivity index (χ1n) is 5.18. The molecule has 2 rings (SSSR count). The number of aryl methyl sites for hydroxylation is 1. The van der Waals surface area contributed by atoms with Crippen molar-refractivity contribution in [1.82, 2.24) is 4.57 Å². The minimum absolute atomic E-state index is 0.863. The largest absolute Gasteiger partial charge is 0.428 e. The molecule has 3 nitrogen and oxygen atoms in total. The number of nitrogens with zero attached hydrogens (tertiary/aromatic N) is 2. The summed E-state index contributed by atoms with van der Waals surface area (Å²) >= 11 is 4.24. The molecule has 0 aliphatic heterocycles. The van der Waals surface area contributed by atoms with E-state index in [1.807, 2.05) is 35.1 Å². The minimum Gasteiger partial charge on any atom is -0.428 e. The van der Waals surface area contributed by atoms with E-state index >= 15 is 0 Å². The van der Waals surface area contributed by atoms with E-state index in [9.17, 15) is 0 Å². The lowest BCUT2D eigenvalue weighted by Crippen LogP contribution is -1.96. The van der Waals surface area contributed by atoms with Crippen LogP contribution in [0.25, 0.3) is 15.7 Å². The van der Waals surface area contributed by atoms with Crippen LogP contribution in [-0.2, 0) is 6.54 Å². The van der Waals surface area contributed by atoms with Crippen molar-refractivity contribution in [2.45, 2.75) is 13.5 Å². The summed E-state index contributed by atoms with van der Waals surface area (Å²) < 4.78 is 8.64. The predicted octanol–water partition coefficient (Wildman–Crippen LogP) is 4.31. The van der Waals surface area contributed by atoms with Crippen molar-refractivity contribution in [3.8, 4) is 11.8 Å². The highest BCUT2D eigenvalue weighted by Crippen LogP contribution is 2.30. The Labute approximate surface area is 128 Å². The van der Waals surface area contributed by atoms with Crippen molar-refractivity contribution in [3.63, 3.8) is 0 Å². The van der Waals surface area contributed by atoms with Gasteiger partial charge >= 0.3 is 6.07 Å². The van der Waals surface area contributed by atoms with E-state index < -0.39 is 0 Å². The van der Waals surface area contributed by atoms with Crippen molar-refractivity contribution in [1.29, 1.82) is 0 Å². The van der Waals surface area contributed by atoms with Gasteiger partial charge in [0.1, 0.15) is 15.0 Å². The molecule has 0 atom stereocenters. The highest BCUT2D eigenvalue weighted by atomic mass is 127. The van der Waals surface area contributed by atoms with Gasteiger partial charge < -0.3 is 7.63 Å². The minimum atomic E-state index is 0.863. The molecule has 0 fully saturated rings. The zero-order chi connectivity index (χ0) is 12.4. The van der Waals surface area contributed by atoms with Gasteiger partial charge in [-0.2, -0.15) is 0 Å². The van der Waals surface area contributed by atoms with E-state index in [1.165, 1.54) is 5.39 Å². The van der Waals surface area contributed by atoms with Crippen molar-refractivity contribution in [2.75, 3.05) is 7.05 Å². The fraction of sp³-hybridized carbons (Fsp3) is 0.250. The molecule has 0 radical (unpaired) electrons. The molecule has 0 saturated heterocycles. The average molecular weight is 453 g/mol. The molecule has 0 aliphatic rings. The van der Waals surface area contributed by atoms with Crippen molar-refractivity contribution in [2.24, 2.45) is 0 Å². The first kappa shape index (κ1) is 13.0. The smallest absolute Gasteiger partial charge is 0.314 e. The van der Waals surface area contributed by atoms with E-state index in [2.05, 4.69) is 51.1 Å². The van der Waals surface area contributed by atoms with E-state index in [1.54, 1.807) is 7.05 Å². The van der Waals surface area contributed by atoms with E-state index in [4.69, 9.17) is 3.07 Å². The van der Waals surface area contributed by atoms with E-state index in [0.717, 1.165) is 27.1 Å². The SMILES string of the molecule is CCn1c(I)c(C#[N+]C)c2ccc(OI)cc21. The Morgan fingerprint density at radius 3 is 2.82 bits per heavy atom. The predicted molar refractivity (Wildman–Crippen MR) is 87.3 cm³/mol. The maximum Gasteiger partial charge on any atom is 0.314 e. The lowest BCUT2D eigenvalue weighted by atomic mass is 10.2. The summed E-state index contributed by atoms with van der Waals surface area (Å²) in [6.07, 6.45) is 0. The molecule has 1 aromatic heterocycles. The van der Waals surface area contributed by atoms with Gasteiger partial charge in [-0.3, -0.25) is 0 Å². The van der Waals surface area contributed by atoms with Crippen LogP contribution < -0.4 is 3.07 Å². The topological polar surface area (TPSA) is 18.5 Å². The molecule has 88 valence electrons. The van der Waals surface area contributed by atoms with E-state index in [-0.39, 0.29) is 0 Å². The quantitative estimate of drug-likeness (QED) is 0.621. The third-order valence-corrected chi connectivity index (χ3v) is 4.23. The molecular formula is C12H11I2N2O+. The summed E-state index contributed by atoms with van der Waals surface area (Å²) in [7, 11) is 1.74. The van der Waals surface area contributed by atoms with Gasteiger partial charge in [-0.05, 0) is 41.6 Å². The van der Waals surface area contributed by atoms with Crippen molar-refractivity contribution in [3.05, 3.63) is 32.3 Å². The number of halogens is 2. The fourth-order valence-corrected chi connectivity index (χ4v) is 3.16. The summed E-state index contributed by atoms with van der Waals surface area (Å²) in [5, 5.41) is 1.17. The molecule has 17 heavy (non-hydrogen) atoms. The van der Waals surface area contributed by atoms with Crippen LogP contribution in [0.2, 0.25) is 0 Å². The second kappa shape index (κ2) is 5.44. The summed E-state index contributed by atoms with van der Waals surface area (Å²) in [6.45, 7) is 3.05. The average Bonchev–Trinajstić information content (AvgIpc) is 2.62. The number of hydrogen-bond acceptors (Lipinski definition) is 1. The molecule has 0 saturated carbocycles. The summed E-state index contributed by atoms with van der Waals surface area (Å²) in [4.78, 5) is 4.01. The second-order valence-corrected chi connectivity index (χ2v) is 4.96. The first-order valence-corrected chi connectivity index (χ1v) is 7.14. The van der Waals surface area contributed by atoms with E-state index in [0.29, 0.717) is 0 Å². The number of hydrogen-bond donors (Lipinski definition) is 0. The normalized spacial score (nSPS) is 10.1. The molecule has 0 aliphatic carbocycles. The fourth-order valence-electron chi connectivity index (χ4n) is 1.87. The standard InChI is InChI=1S/C12H11I2N2O/c1-3-16-11-6-8(17-14)4-5-9(11)10(7-15-2)12(16)13/h4-6H,3H2,1-2H3/q+1. The Hall–Kier alpha value is -0.490. The van der Waals surface area contributed by atoms with Crippen LogP contribution in [0.5, 0.6) is 5.75 Å². The Kier molecular flexibility index (Phi) is 4.14. The van der Waals surface area contributed by atoms with Gasteiger partial charge in [0.2, 0.25) is 0 Å². The lowest BCUT2D eigenvalue weighted by Gasteiger charge is -2.03. The summed E-state index contributed by atoms with van der Waals surface area (Å²) in [6, 6.07) is 9.14. The van der Waals surface area contributed by atoms with Crippen LogP contribution in [0.15, 0.2) is 18.2 Å². The van der Waals surface area contributed by atoms with Gasteiger partial charge in [0.25, 0.3) is 7.05 Å². The van der Waals surface area contributed by atoms with Crippen LogP contribution in [0.3, 0.4) is 0 Å². The van der Waals surface area contributed by atoms with Crippen molar-refractivity contribution < 1.29 is 3.07 Å². The molecule has 1 aromatic carbocycles. The highest BCUT2D eigenvalue weighted by molar-refractivity contribution is 14.1. The second-order valence-electron chi connectivity index (χ2n) is 3.50. The van der Waals surface area contributed by atoms with Gasteiger partial charge in [0.05, 0.1) is 5.52 Å². The van der Waals surface area contributed by atoms with Gasteiger partial charge in [0.15, 0.2) is 23.0 Å². The number of benzene rings is 1. The van der Waals surface area contributed by atoms with Gasteiger partial charge in [0, 0.05) is 18.0 Å². The highest BCUT2D eigenvalue weighted by Gasteiger charge is 2.17. The molecule has 1 heterocycles. The number of rotatable bonds is 2. The Balaban J connectivity index is 2.83. The molecule has 0 amide bonds. The molecule has 0 bridgehead atoms. The molecule has 0 spiro atoms. The third-order valence-electron chi connectivity index (χ3n) is 2.60. The Bertz CT molecular complexity index is 623. The molecular weight excluding hydrogens is 442 g/mol. The summed E-state index contributed by atoms with van der Waals surface area (Å²) in [5.41, 5.74) is 2.22. The molecule has 0 unspecified atom stereocenters. The van der Waals surface area contributed by atoms with Gasteiger partial charge in [-0.15, -0.1) is 0 Å². The number of aromatic nitrogens is 1. The number of fused-ring (bicyclic) bond motifs is 1. The Morgan fingerprint density at radius 2 is 2.24 bits per heavy atom. The molecule has 5 heteroatoms. The van der Waals surface area contributed by atoms with Crippen molar-refractivity contribution >= 4 is 56.5 Å². The molecule has 2 aromatic rings. The molecule has 0 N–H and O–H groups in total. The third kappa shape index (κ3) is 2.25. The van der Waals surface area contributed by atoms with Crippen LogP contribution in [-0.4, -0.2) is 11.6 Å². The summed E-state index contributed by atoms with van der Waals surface area (Å²) in [5.74, 6) is 0.863. The van der Waals surface area contributed by atoms with Gasteiger partial charge in [-0.25, -0.2) is 0 Å². The zero-order valence-corrected chi connectivity index (χ0v) is 13.8. The monoisotopic (exact) mass is 453 g/mol.